The molecule has 20 heavy (non-hydrogen) atoms. The van der Waals surface area contributed by atoms with Crippen LogP contribution in [0, 0.1) is 0 Å². The van der Waals surface area contributed by atoms with Gasteiger partial charge in [0, 0.05) is 30.1 Å². The molecule has 0 radical (unpaired) electrons. The van der Waals surface area contributed by atoms with Crippen LogP contribution >= 0.6 is 11.8 Å². The van der Waals surface area contributed by atoms with E-state index >= 15 is 0 Å². The maximum Gasteiger partial charge on any atom is 0.251 e. The number of aryl methyl sites for hydroxylation is 1. The number of H-pyrrole nitrogens is 1. The molecule has 2 heterocycles. The fourth-order valence-electron chi connectivity index (χ4n) is 1.87. The molecule has 0 saturated heterocycles. The summed E-state index contributed by atoms with van der Waals surface area (Å²) in [6, 6.07) is 5.50. The van der Waals surface area contributed by atoms with Gasteiger partial charge in [0.05, 0.1) is 5.69 Å². The highest BCUT2D eigenvalue weighted by Crippen LogP contribution is 2.20. The van der Waals surface area contributed by atoms with E-state index in [1.807, 2.05) is 6.07 Å². The zero-order chi connectivity index (χ0) is 14.4. The zero-order valence-electron chi connectivity index (χ0n) is 11.4. The molecule has 0 saturated carbocycles. The molecule has 0 aliphatic heterocycles. The van der Waals surface area contributed by atoms with E-state index in [2.05, 4.69) is 34.5 Å². The largest absolute Gasteiger partial charge is 0.301 e. The highest BCUT2D eigenvalue weighted by atomic mass is 32.2. The van der Waals surface area contributed by atoms with E-state index in [0.29, 0.717) is 11.6 Å². The van der Waals surface area contributed by atoms with Crippen LogP contribution in [0.2, 0.25) is 0 Å². The predicted octanol–water partition coefficient (Wildman–Crippen LogP) is 2.75. The Morgan fingerprint density at radius 1 is 1.50 bits per heavy atom. The van der Waals surface area contributed by atoms with Crippen LogP contribution in [0.4, 0.5) is 0 Å². The van der Waals surface area contributed by atoms with Crippen molar-refractivity contribution in [2.45, 2.75) is 30.7 Å². The van der Waals surface area contributed by atoms with E-state index in [1.54, 1.807) is 12.3 Å². The predicted molar refractivity (Wildman–Crippen MR) is 81.9 cm³/mol. The van der Waals surface area contributed by atoms with Crippen LogP contribution in [0.5, 0.6) is 0 Å². The first kappa shape index (κ1) is 14.5. The van der Waals surface area contributed by atoms with Crippen LogP contribution in [0.1, 0.15) is 23.9 Å². The molecule has 5 heteroatoms. The van der Waals surface area contributed by atoms with Crippen molar-refractivity contribution in [1.29, 1.82) is 0 Å². The standard InChI is InChI=1S/C15H17N3OS/c1-3-6-12-9-14(19)18-15(17-12)20-10-11-7-5-8-16-13(11)4-2/h3,5,7-9H,1,4,6,10H2,2H3,(H,17,18,19). The van der Waals surface area contributed by atoms with Crippen molar-refractivity contribution in [2.24, 2.45) is 0 Å². The average Bonchev–Trinajstić information content (AvgIpc) is 2.45. The third kappa shape index (κ3) is 3.81. The average molecular weight is 287 g/mol. The van der Waals surface area contributed by atoms with Gasteiger partial charge in [-0.05, 0) is 18.1 Å². The summed E-state index contributed by atoms with van der Waals surface area (Å²) >= 11 is 1.52. The van der Waals surface area contributed by atoms with Gasteiger partial charge >= 0.3 is 0 Å². The molecule has 0 fully saturated rings. The van der Waals surface area contributed by atoms with Gasteiger partial charge in [-0.15, -0.1) is 6.58 Å². The van der Waals surface area contributed by atoms with Crippen LogP contribution < -0.4 is 5.56 Å². The molecule has 0 bridgehead atoms. The molecule has 4 nitrogen and oxygen atoms in total. The first-order valence-electron chi connectivity index (χ1n) is 6.49. The smallest absolute Gasteiger partial charge is 0.251 e. The van der Waals surface area contributed by atoms with E-state index in [-0.39, 0.29) is 5.56 Å². The van der Waals surface area contributed by atoms with Gasteiger partial charge in [0.25, 0.3) is 5.56 Å². The summed E-state index contributed by atoms with van der Waals surface area (Å²) in [6.07, 6.45) is 5.05. The molecule has 1 N–H and O–H groups in total. The minimum Gasteiger partial charge on any atom is -0.301 e. The summed E-state index contributed by atoms with van der Waals surface area (Å²) in [5, 5.41) is 0.639. The normalized spacial score (nSPS) is 10.4. The minimum atomic E-state index is -0.124. The van der Waals surface area contributed by atoms with Crippen LogP contribution in [-0.2, 0) is 18.6 Å². The van der Waals surface area contributed by atoms with Crippen LogP contribution in [0.3, 0.4) is 0 Å². The Kier molecular flexibility index (Phi) is 5.12. The van der Waals surface area contributed by atoms with Gasteiger partial charge in [0.15, 0.2) is 5.16 Å². The van der Waals surface area contributed by atoms with Crippen molar-refractivity contribution in [3.63, 3.8) is 0 Å². The molecular weight excluding hydrogens is 270 g/mol. The van der Waals surface area contributed by atoms with Gasteiger partial charge in [-0.25, -0.2) is 4.98 Å². The molecule has 0 aliphatic rings. The van der Waals surface area contributed by atoms with Gasteiger partial charge < -0.3 is 4.98 Å². The highest BCUT2D eigenvalue weighted by Gasteiger charge is 2.05. The number of allylic oxidation sites excluding steroid dienone is 1. The lowest BCUT2D eigenvalue weighted by atomic mass is 10.2. The molecule has 0 amide bonds. The molecule has 2 aromatic heterocycles. The number of thioether (sulfide) groups is 1. The molecule has 2 aromatic rings. The topological polar surface area (TPSA) is 58.6 Å². The number of hydrogen-bond acceptors (Lipinski definition) is 4. The maximum atomic E-state index is 11.6. The molecule has 0 atom stereocenters. The molecule has 2 rings (SSSR count). The number of rotatable bonds is 6. The van der Waals surface area contributed by atoms with Crippen molar-refractivity contribution in [3.05, 3.63) is 64.4 Å². The minimum absolute atomic E-state index is 0.124. The summed E-state index contributed by atoms with van der Waals surface area (Å²) in [5.74, 6) is 0.748. The number of nitrogens with one attached hydrogen (secondary N) is 1. The first-order chi connectivity index (χ1) is 9.72. The van der Waals surface area contributed by atoms with E-state index in [0.717, 1.165) is 23.6 Å². The monoisotopic (exact) mass is 287 g/mol. The maximum absolute atomic E-state index is 11.6. The second-order valence-corrected chi connectivity index (χ2v) is 5.25. The van der Waals surface area contributed by atoms with Crippen molar-refractivity contribution in [3.8, 4) is 0 Å². The van der Waals surface area contributed by atoms with Gasteiger partial charge in [0.2, 0.25) is 0 Å². The van der Waals surface area contributed by atoms with Crippen LogP contribution in [-0.4, -0.2) is 15.0 Å². The Morgan fingerprint density at radius 2 is 2.35 bits per heavy atom. The van der Waals surface area contributed by atoms with Gasteiger partial charge in [-0.1, -0.05) is 30.8 Å². The Balaban J connectivity index is 2.14. The summed E-state index contributed by atoms with van der Waals surface area (Å²) in [4.78, 5) is 23.1. The van der Waals surface area contributed by atoms with Crippen molar-refractivity contribution < 1.29 is 0 Å². The Bertz CT molecular complexity index is 652. The van der Waals surface area contributed by atoms with Crippen molar-refractivity contribution >= 4 is 11.8 Å². The van der Waals surface area contributed by atoms with Gasteiger partial charge in [0.1, 0.15) is 0 Å². The first-order valence-corrected chi connectivity index (χ1v) is 7.48. The van der Waals surface area contributed by atoms with Crippen LogP contribution in [0.15, 0.2) is 47.0 Å². The molecule has 104 valence electrons. The number of hydrogen-bond donors (Lipinski definition) is 1. The Morgan fingerprint density at radius 3 is 3.10 bits per heavy atom. The molecular formula is C15H17N3OS. The highest BCUT2D eigenvalue weighted by molar-refractivity contribution is 7.98. The molecule has 0 aromatic carbocycles. The summed E-state index contributed by atoms with van der Waals surface area (Å²) < 4.78 is 0. The molecule has 0 unspecified atom stereocenters. The van der Waals surface area contributed by atoms with Gasteiger partial charge in [-0.2, -0.15) is 0 Å². The van der Waals surface area contributed by atoms with E-state index in [4.69, 9.17) is 0 Å². The second-order valence-electron chi connectivity index (χ2n) is 4.29. The van der Waals surface area contributed by atoms with Crippen molar-refractivity contribution in [2.75, 3.05) is 0 Å². The fourth-order valence-corrected chi connectivity index (χ4v) is 2.78. The Hall–Kier alpha value is -1.88. The molecule has 0 spiro atoms. The summed E-state index contributed by atoms with van der Waals surface area (Å²) in [6.45, 7) is 5.75. The lowest BCUT2D eigenvalue weighted by Crippen LogP contribution is -2.09. The lowest BCUT2D eigenvalue weighted by Gasteiger charge is -2.06. The van der Waals surface area contributed by atoms with Gasteiger partial charge in [-0.3, -0.25) is 9.78 Å². The van der Waals surface area contributed by atoms with E-state index in [9.17, 15) is 4.79 Å². The van der Waals surface area contributed by atoms with E-state index < -0.39 is 0 Å². The number of aromatic amines is 1. The zero-order valence-corrected chi connectivity index (χ0v) is 12.2. The number of nitrogens with zero attached hydrogens (tertiary/aromatic N) is 2. The lowest BCUT2D eigenvalue weighted by molar-refractivity contribution is 0.885. The number of pyridine rings is 1. The SMILES string of the molecule is C=CCc1cc(=O)[nH]c(SCc2cccnc2CC)n1. The number of aromatic nitrogens is 3. The summed E-state index contributed by atoms with van der Waals surface area (Å²) in [5.41, 5.74) is 2.88. The second kappa shape index (κ2) is 7.05. The van der Waals surface area contributed by atoms with E-state index in [1.165, 1.54) is 23.4 Å². The van der Waals surface area contributed by atoms with Crippen LogP contribution in [0.25, 0.3) is 0 Å². The molecule has 0 aliphatic carbocycles. The quantitative estimate of drug-likeness (QED) is 0.504. The Labute approximate surface area is 122 Å². The third-order valence-corrected chi connectivity index (χ3v) is 3.73. The summed E-state index contributed by atoms with van der Waals surface area (Å²) in [7, 11) is 0. The van der Waals surface area contributed by atoms with Crippen molar-refractivity contribution in [1.82, 2.24) is 15.0 Å². The third-order valence-electron chi connectivity index (χ3n) is 2.81. The fraction of sp³-hybridized carbons (Fsp3) is 0.267.